The SMILES string of the molecule is Nc1cc2c(cc1C(=O)Nc1ccc(F)cn1)OCO2. The summed E-state index contributed by atoms with van der Waals surface area (Å²) in [5, 5.41) is 2.52. The number of hydrogen-bond donors (Lipinski definition) is 2. The van der Waals surface area contributed by atoms with Crippen LogP contribution >= 0.6 is 0 Å². The van der Waals surface area contributed by atoms with E-state index in [-0.39, 0.29) is 23.9 Å². The number of nitrogens with one attached hydrogen (secondary N) is 1. The van der Waals surface area contributed by atoms with Crippen LogP contribution in [0.15, 0.2) is 30.5 Å². The standard InChI is InChI=1S/C13H10FN3O3/c14-7-1-2-12(16-5-7)17-13(18)8-3-10-11(4-9(8)15)20-6-19-10/h1-5H,6,15H2,(H,16,17,18). The number of nitrogens with two attached hydrogens (primary N) is 1. The lowest BCUT2D eigenvalue weighted by Crippen LogP contribution is -2.14. The number of carbonyl (C=O) groups is 1. The third kappa shape index (κ3) is 2.20. The molecule has 0 unspecified atom stereocenters. The Bertz CT molecular complexity index is 673. The second-order valence-corrected chi connectivity index (χ2v) is 4.11. The topological polar surface area (TPSA) is 86.5 Å². The molecule has 0 spiro atoms. The molecule has 1 amide bonds. The van der Waals surface area contributed by atoms with Crippen LogP contribution in [0.4, 0.5) is 15.9 Å². The molecule has 20 heavy (non-hydrogen) atoms. The molecule has 0 atom stereocenters. The summed E-state index contributed by atoms with van der Waals surface area (Å²) in [6, 6.07) is 5.58. The van der Waals surface area contributed by atoms with E-state index >= 15 is 0 Å². The number of benzene rings is 1. The molecule has 0 radical (unpaired) electrons. The van der Waals surface area contributed by atoms with Gasteiger partial charge in [0.1, 0.15) is 11.6 Å². The van der Waals surface area contributed by atoms with E-state index < -0.39 is 11.7 Å². The molecule has 0 saturated carbocycles. The third-order valence-electron chi connectivity index (χ3n) is 2.76. The molecule has 3 rings (SSSR count). The lowest BCUT2D eigenvalue weighted by Gasteiger charge is -2.08. The number of carbonyl (C=O) groups excluding carboxylic acids is 1. The number of hydrogen-bond acceptors (Lipinski definition) is 5. The molecule has 1 aliphatic heterocycles. The molecule has 0 fully saturated rings. The first-order chi connectivity index (χ1) is 9.63. The van der Waals surface area contributed by atoms with Crippen molar-refractivity contribution in [2.75, 3.05) is 17.8 Å². The molecule has 7 heteroatoms. The summed E-state index contributed by atoms with van der Waals surface area (Å²) < 4.78 is 23.1. The van der Waals surface area contributed by atoms with Gasteiger partial charge < -0.3 is 20.5 Å². The normalized spacial score (nSPS) is 12.2. The van der Waals surface area contributed by atoms with Crippen molar-refractivity contribution in [2.45, 2.75) is 0 Å². The minimum Gasteiger partial charge on any atom is -0.454 e. The van der Waals surface area contributed by atoms with E-state index in [2.05, 4.69) is 10.3 Å². The first-order valence-corrected chi connectivity index (χ1v) is 5.75. The lowest BCUT2D eigenvalue weighted by atomic mass is 10.1. The quantitative estimate of drug-likeness (QED) is 0.816. The van der Waals surface area contributed by atoms with Crippen molar-refractivity contribution >= 4 is 17.4 Å². The molecular weight excluding hydrogens is 265 g/mol. The average molecular weight is 275 g/mol. The van der Waals surface area contributed by atoms with E-state index in [0.29, 0.717) is 11.5 Å². The van der Waals surface area contributed by atoms with Crippen LogP contribution in [-0.2, 0) is 0 Å². The Labute approximate surface area is 113 Å². The van der Waals surface area contributed by atoms with Gasteiger partial charge in [0.25, 0.3) is 5.91 Å². The van der Waals surface area contributed by atoms with Gasteiger partial charge in [-0.2, -0.15) is 0 Å². The second-order valence-electron chi connectivity index (χ2n) is 4.11. The lowest BCUT2D eigenvalue weighted by molar-refractivity contribution is 0.102. The molecule has 3 N–H and O–H groups in total. The van der Waals surface area contributed by atoms with Gasteiger partial charge in [-0.1, -0.05) is 0 Å². The summed E-state index contributed by atoms with van der Waals surface area (Å²) in [6.45, 7) is 0.0966. The predicted octanol–water partition coefficient (Wildman–Crippen LogP) is 1.78. The maximum absolute atomic E-state index is 12.7. The van der Waals surface area contributed by atoms with Gasteiger partial charge in [-0.25, -0.2) is 9.37 Å². The van der Waals surface area contributed by atoms with Gasteiger partial charge in [-0.3, -0.25) is 4.79 Å². The Morgan fingerprint density at radius 2 is 2.05 bits per heavy atom. The monoisotopic (exact) mass is 275 g/mol. The molecule has 0 bridgehead atoms. The van der Waals surface area contributed by atoms with Crippen LogP contribution in [0.3, 0.4) is 0 Å². The van der Waals surface area contributed by atoms with E-state index in [9.17, 15) is 9.18 Å². The molecule has 0 saturated heterocycles. The molecule has 1 aromatic heterocycles. The van der Waals surface area contributed by atoms with Crippen LogP contribution in [0.5, 0.6) is 11.5 Å². The maximum atomic E-state index is 12.7. The van der Waals surface area contributed by atoms with Crippen molar-refractivity contribution in [3.8, 4) is 11.5 Å². The number of ether oxygens (including phenoxy) is 2. The molecule has 0 aliphatic carbocycles. The van der Waals surface area contributed by atoms with Gasteiger partial charge in [0.2, 0.25) is 6.79 Å². The number of halogens is 1. The number of anilines is 2. The summed E-state index contributed by atoms with van der Waals surface area (Å²) in [4.78, 5) is 15.8. The first kappa shape index (κ1) is 12.2. The van der Waals surface area contributed by atoms with Gasteiger partial charge in [-0.05, 0) is 18.2 Å². The van der Waals surface area contributed by atoms with Gasteiger partial charge >= 0.3 is 0 Å². The van der Waals surface area contributed by atoms with E-state index in [0.717, 1.165) is 6.20 Å². The molecular formula is C13H10FN3O3. The fourth-order valence-corrected chi connectivity index (χ4v) is 1.79. The number of amides is 1. The van der Waals surface area contributed by atoms with Crippen LogP contribution in [0.25, 0.3) is 0 Å². The highest BCUT2D eigenvalue weighted by molar-refractivity contribution is 6.07. The van der Waals surface area contributed by atoms with E-state index in [4.69, 9.17) is 15.2 Å². The highest BCUT2D eigenvalue weighted by atomic mass is 19.1. The fourth-order valence-electron chi connectivity index (χ4n) is 1.79. The molecule has 1 aliphatic rings. The first-order valence-electron chi connectivity index (χ1n) is 5.75. The molecule has 2 aromatic rings. The highest BCUT2D eigenvalue weighted by Crippen LogP contribution is 2.36. The van der Waals surface area contributed by atoms with Crippen LogP contribution in [0.2, 0.25) is 0 Å². The summed E-state index contributed by atoms with van der Waals surface area (Å²) in [5.74, 6) is 0.245. The summed E-state index contributed by atoms with van der Waals surface area (Å²) in [6.07, 6.45) is 1.01. The highest BCUT2D eigenvalue weighted by Gasteiger charge is 2.19. The van der Waals surface area contributed by atoms with Crippen molar-refractivity contribution < 1.29 is 18.7 Å². The van der Waals surface area contributed by atoms with Crippen molar-refractivity contribution in [3.05, 3.63) is 41.8 Å². The number of fused-ring (bicyclic) bond motifs is 1. The number of nitrogen functional groups attached to an aromatic ring is 1. The second kappa shape index (κ2) is 4.69. The van der Waals surface area contributed by atoms with Gasteiger partial charge in [-0.15, -0.1) is 0 Å². The maximum Gasteiger partial charge on any atom is 0.259 e. The van der Waals surface area contributed by atoms with Gasteiger partial charge in [0.15, 0.2) is 11.5 Å². The molecule has 102 valence electrons. The predicted molar refractivity (Wildman–Crippen MR) is 69.1 cm³/mol. The summed E-state index contributed by atoms with van der Waals surface area (Å²) in [5.41, 5.74) is 6.29. The Morgan fingerprint density at radius 1 is 1.30 bits per heavy atom. The molecule has 6 nitrogen and oxygen atoms in total. The van der Waals surface area contributed by atoms with Crippen molar-refractivity contribution in [1.29, 1.82) is 0 Å². The van der Waals surface area contributed by atoms with Crippen molar-refractivity contribution in [1.82, 2.24) is 4.98 Å². The number of nitrogens with zero attached hydrogens (tertiary/aromatic N) is 1. The molecule has 2 heterocycles. The zero-order valence-corrected chi connectivity index (χ0v) is 10.2. The van der Waals surface area contributed by atoms with E-state index in [1.54, 1.807) is 0 Å². The Morgan fingerprint density at radius 3 is 2.75 bits per heavy atom. The zero-order valence-electron chi connectivity index (χ0n) is 10.2. The Kier molecular flexibility index (Phi) is 2.86. The minimum absolute atomic E-state index is 0.0966. The zero-order chi connectivity index (χ0) is 14.1. The van der Waals surface area contributed by atoms with Crippen LogP contribution < -0.4 is 20.5 Å². The molecule has 1 aromatic carbocycles. The van der Waals surface area contributed by atoms with Crippen molar-refractivity contribution in [3.63, 3.8) is 0 Å². The number of aromatic nitrogens is 1. The fraction of sp³-hybridized carbons (Fsp3) is 0.0769. The third-order valence-corrected chi connectivity index (χ3v) is 2.76. The van der Waals surface area contributed by atoms with E-state index in [1.807, 2.05) is 0 Å². The average Bonchev–Trinajstić information content (AvgIpc) is 2.87. The smallest absolute Gasteiger partial charge is 0.259 e. The van der Waals surface area contributed by atoms with Crippen LogP contribution in [0, 0.1) is 5.82 Å². The number of pyridine rings is 1. The van der Waals surface area contributed by atoms with Crippen molar-refractivity contribution in [2.24, 2.45) is 0 Å². The largest absolute Gasteiger partial charge is 0.454 e. The van der Waals surface area contributed by atoms with E-state index in [1.165, 1.54) is 24.3 Å². The summed E-state index contributed by atoms with van der Waals surface area (Å²) in [7, 11) is 0. The van der Waals surface area contributed by atoms with Gasteiger partial charge in [0.05, 0.1) is 11.8 Å². The van der Waals surface area contributed by atoms with Gasteiger partial charge in [0, 0.05) is 11.8 Å². The summed E-state index contributed by atoms with van der Waals surface area (Å²) >= 11 is 0. The van der Waals surface area contributed by atoms with Crippen LogP contribution in [0.1, 0.15) is 10.4 Å². The number of rotatable bonds is 2. The minimum atomic E-state index is -0.481. The Hall–Kier alpha value is -2.83. The van der Waals surface area contributed by atoms with Crippen LogP contribution in [-0.4, -0.2) is 17.7 Å². The Balaban J connectivity index is 1.85.